The maximum absolute atomic E-state index is 12.7. The van der Waals surface area contributed by atoms with Gasteiger partial charge >= 0.3 is 0 Å². The minimum Gasteiger partial charge on any atom is -0.342 e. The summed E-state index contributed by atoms with van der Waals surface area (Å²) in [6, 6.07) is 6.90. The third-order valence-electron chi connectivity index (χ3n) is 5.10. The summed E-state index contributed by atoms with van der Waals surface area (Å²) in [4.78, 5) is 27.8. The van der Waals surface area contributed by atoms with Crippen molar-refractivity contribution in [3.8, 4) is 0 Å². The number of nitro groups is 1. The van der Waals surface area contributed by atoms with E-state index in [4.69, 9.17) is 0 Å². The lowest BCUT2D eigenvalue weighted by atomic mass is 9.95. The Morgan fingerprint density at radius 1 is 1.12 bits per heavy atom. The number of carbonyl (C=O) groups is 1. The topological polar surface area (TPSA) is 66.7 Å². The van der Waals surface area contributed by atoms with Crippen molar-refractivity contribution in [2.24, 2.45) is 5.92 Å². The predicted molar refractivity (Wildman–Crippen MR) is 91.5 cm³/mol. The number of amides is 1. The zero-order valence-electron chi connectivity index (χ0n) is 14.0. The Bertz CT molecular complexity index is 599. The van der Waals surface area contributed by atoms with Gasteiger partial charge in [-0.05, 0) is 38.6 Å². The molecule has 1 atom stereocenters. The minimum atomic E-state index is -0.324. The molecule has 2 aliphatic heterocycles. The normalized spacial score (nSPS) is 22.3. The van der Waals surface area contributed by atoms with Gasteiger partial charge in [-0.15, -0.1) is 0 Å². The fourth-order valence-electron chi connectivity index (χ4n) is 3.84. The molecule has 0 aliphatic carbocycles. The summed E-state index contributed by atoms with van der Waals surface area (Å²) >= 11 is 0. The first-order chi connectivity index (χ1) is 11.6. The molecule has 2 aliphatic rings. The Kier molecular flexibility index (Phi) is 5.45. The molecule has 2 fully saturated rings. The summed E-state index contributed by atoms with van der Waals surface area (Å²) in [5.74, 6) is 0.321. The van der Waals surface area contributed by atoms with E-state index < -0.39 is 0 Å². The molecule has 0 unspecified atom stereocenters. The van der Waals surface area contributed by atoms with Gasteiger partial charge in [0.1, 0.15) is 0 Å². The molecule has 6 nitrogen and oxygen atoms in total. The average molecular weight is 331 g/mol. The van der Waals surface area contributed by atoms with Gasteiger partial charge in [0, 0.05) is 37.8 Å². The molecule has 1 amide bonds. The lowest BCUT2D eigenvalue weighted by Gasteiger charge is -2.36. The van der Waals surface area contributed by atoms with Crippen LogP contribution < -0.4 is 0 Å². The summed E-state index contributed by atoms with van der Waals surface area (Å²) in [5.41, 5.74) is 0.899. The van der Waals surface area contributed by atoms with Gasteiger partial charge < -0.3 is 4.90 Å². The Morgan fingerprint density at radius 3 is 2.62 bits per heavy atom. The van der Waals surface area contributed by atoms with Gasteiger partial charge in [0.2, 0.25) is 5.91 Å². The smallest absolute Gasteiger partial charge is 0.273 e. The van der Waals surface area contributed by atoms with Crippen LogP contribution >= 0.6 is 0 Å². The number of rotatable bonds is 4. The van der Waals surface area contributed by atoms with Gasteiger partial charge in [0.05, 0.1) is 10.8 Å². The molecule has 130 valence electrons. The van der Waals surface area contributed by atoms with Gasteiger partial charge in [-0.3, -0.25) is 19.8 Å². The van der Waals surface area contributed by atoms with E-state index in [1.807, 2.05) is 17.0 Å². The average Bonchev–Trinajstić information content (AvgIpc) is 2.62. The number of nitro benzene ring substituents is 1. The lowest BCUT2D eigenvalue weighted by molar-refractivity contribution is -0.385. The first kappa shape index (κ1) is 16.9. The molecule has 2 saturated heterocycles. The third-order valence-corrected chi connectivity index (χ3v) is 5.10. The van der Waals surface area contributed by atoms with Crippen LogP contribution in [0.2, 0.25) is 0 Å². The summed E-state index contributed by atoms with van der Waals surface area (Å²) < 4.78 is 0. The van der Waals surface area contributed by atoms with Gasteiger partial charge in [0.25, 0.3) is 5.69 Å². The van der Waals surface area contributed by atoms with Crippen molar-refractivity contribution in [1.29, 1.82) is 0 Å². The predicted octanol–water partition coefficient (Wildman–Crippen LogP) is 2.82. The van der Waals surface area contributed by atoms with Crippen molar-refractivity contribution in [2.45, 2.75) is 38.6 Å². The maximum atomic E-state index is 12.7. The van der Waals surface area contributed by atoms with E-state index in [2.05, 4.69) is 4.90 Å². The fourth-order valence-corrected chi connectivity index (χ4v) is 3.84. The SMILES string of the molecule is O=C([C@H]1CCCN(Cc2ccccc2[N+](=O)[O-])C1)N1CCCCC1. The standard InChI is InChI=1S/C18H25N3O3/c22-18(20-11-4-1-5-12-20)16-8-6-10-19(14-16)13-15-7-2-3-9-17(15)21(23)24/h2-3,7,9,16H,1,4-6,8,10-14H2/t16-/m0/s1. The Hall–Kier alpha value is -1.95. The lowest BCUT2D eigenvalue weighted by Crippen LogP contribution is -2.46. The first-order valence-electron chi connectivity index (χ1n) is 8.88. The number of hydrogen-bond acceptors (Lipinski definition) is 4. The van der Waals surface area contributed by atoms with Crippen LogP contribution in [0.5, 0.6) is 0 Å². The highest BCUT2D eigenvalue weighted by Gasteiger charge is 2.30. The van der Waals surface area contributed by atoms with Crippen molar-refractivity contribution in [2.75, 3.05) is 26.2 Å². The highest BCUT2D eigenvalue weighted by molar-refractivity contribution is 5.79. The van der Waals surface area contributed by atoms with Crippen LogP contribution in [-0.2, 0) is 11.3 Å². The summed E-state index contributed by atoms with van der Waals surface area (Å²) in [7, 11) is 0. The van der Waals surface area contributed by atoms with Crippen molar-refractivity contribution in [1.82, 2.24) is 9.80 Å². The van der Waals surface area contributed by atoms with Crippen molar-refractivity contribution in [3.05, 3.63) is 39.9 Å². The van der Waals surface area contributed by atoms with E-state index in [-0.39, 0.29) is 22.4 Å². The highest BCUT2D eigenvalue weighted by Crippen LogP contribution is 2.25. The van der Waals surface area contributed by atoms with Gasteiger partial charge in [-0.1, -0.05) is 18.2 Å². The molecule has 0 aromatic heterocycles. The molecule has 2 heterocycles. The van der Waals surface area contributed by atoms with Crippen LogP contribution in [0.1, 0.15) is 37.7 Å². The largest absolute Gasteiger partial charge is 0.342 e. The second-order valence-electron chi connectivity index (χ2n) is 6.85. The quantitative estimate of drug-likeness (QED) is 0.628. The van der Waals surface area contributed by atoms with Crippen LogP contribution in [0.4, 0.5) is 5.69 Å². The fraction of sp³-hybridized carbons (Fsp3) is 0.611. The zero-order valence-corrected chi connectivity index (χ0v) is 14.0. The highest BCUT2D eigenvalue weighted by atomic mass is 16.6. The molecule has 0 saturated carbocycles. The van der Waals surface area contributed by atoms with E-state index in [1.54, 1.807) is 12.1 Å². The second-order valence-corrected chi connectivity index (χ2v) is 6.85. The van der Waals surface area contributed by atoms with Crippen LogP contribution in [0.15, 0.2) is 24.3 Å². The first-order valence-corrected chi connectivity index (χ1v) is 8.88. The molecule has 0 spiro atoms. The van der Waals surface area contributed by atoms with Gasteiger partial charge in [-0.2, -0.15) is 0 Å². The molecular formula is C18H25N3O3. The van der Waals surface area contributed by atoms with E-state index in [0.717, 1.165) is 50.9 Å². The number of para-hydroxylation sites is 1. The summed E-state index contributed by atoms with van der Waals surface area (Å²) in [5, 5.41) is 11.2. The van der Waals surface area contributed by atoms with Gasteiger partial charge in [0.15, 0.2) is 0 Å². The Labute approximate surface area is 142 Å². The molecule has 1 aromatic carbocycles. The Balaban J connectivity index is 1.63. The molecule has 1 aromatic rings. The number of nitrogens with zero attached hydrogens (tertiary/aromatic N) is 3. The summed E-state index contributed by atoms with van der Waals surface area (Å²) in [6.45, 7) is 3.93. The molecule has 3 rings (SSSR count). The molecular weight excluding hydrogens is 306 g/mol. The minimum absolute atomic E-state index is 0.0413. The van der Waals surface area contributed by atoms with Crippen LogP contribution in [0.3, 0.4) is 0 Å². The maximum Gasteiger partial charge on any atom is 0.273 e. The van der Waals surface area contributed by atoms with E-state index >= 15 is 0 Å². The second kappa shape index (κ2) is 7.75. The molecule has 24 heavy (non-hydrogen) atoms. The van der Waals surface area contributed by atoms with Crippen LogP contribution in [0.25, 0.3) is 0 Å². The molecule has 0 bridgehead atoms. The molecule has 6 heteroatoms. The Morgan fingerprint density at radius 2 is 1.88 bits per heavy atom. The molecule has 0 N–H and O–H groups in total. The molecule has 0 radical (unpaired) electrons. The van der Waals surface area contributed by atoms with E-state index in [1.165, 1.54) is 6.42 Å². The monoisotopic (exact) mass is 331 g/mol. The number of piperidine rings is 2. The summed E-state index contributed by atoms with van der Waals surface area (Å²) in [6.07, 6.45) is 5.35. The third kappa shape index (κ3) is 3.93. The van der Waals surface area contributed by atoms with Gasteiger partial charge in [-0.25, -0.2) is 0 Å². The number of benzene rings is 1. The van der Waals surface area contributed by atoms with Crippen LogP contribution in [-0.4, -0.2) is 46.8 Å². The van der Waals surface area contributed by atoms with E-state index in [9.17, 15) is 14.9 Å². The number of hydrogen-bond donors (Lipinski definition) is 0. The van der Waals surface area contributed by atoms with Crippen LogP contribution in [0, 0.1) is 16.0 Å². The number of likely N-dealkylation sites (tertiary alicyclic amines) is 2. The van der Waals surface area contributed by atoms with Crippen molar-refractivity contribution in [3.63, 3.8) is 0 Å². The number of carbonyl (C=O) groups excluding carboxylic acids is 1. The van der Waals surface area contributed by atoms with E-state index in [0.29, 0.717) is 13.1 Å². The van der Waals surface area contributed by atoms with Crippen molar-refractivity contribution >= 4 is 11.6 Å². The zero-order chi connectivity index (χ0) is 16.9. The van der Waals surface area contributed by atoms with Crippen molar-refractivity contribution < 1.29 is 9.72 Å².